The number of nitrogens with two attached hydrogens (primary N) is 1. The molecule has 2 rings (SSSR count). The van der Waals surface area contributed by atoms with Gasteiger partial charge in [0.15, 0.2) is 21.3 Å². The van der Waals surface area contributed by atoms with Crippen molar-refractivity contribution < 1.29 is 17.9 Å². The van der Waals surface area contributed by atoms with Gasteiger partial charge in [-0.25, -0.2) is 8.42 Å². The fourth-order valence-corrected chi connectivity index (χ4v) is 3.10. The van der Waals surface area contributed by atoms with E-state index in [9.17, 15) is 8.42 Å². The Morgan fingerprint density at radius 1 is 1.17 bits per heavy atom. The summed E-state index contributed by atoms with van der Waals surface area (Å²) in [4.78, 5) is 0.208. The topological polar surface area (TPSA) is 102 Å². The van der Waals surface area contributed by atoms with Gasteiger partial charge in [-0.15, -0.1) is 12.4 Å². The largest absolute Gasteiger partial charge is 0.493 e. The third kappa shape index (κ3) is 4.39. The summed E-state index contributed by atoms with van der Waals surface area (Å²) in [5, 5.41) is 7.62. The van der Waals surface area contributed by atoms with Gasteiger partial charge in [0.05, 0.1) is 17.6 Å². The molecular formula is C16H19ClN2O4S. The van der Waals surface area contributed by atoms with E-state index in [0.29, 0.717) is 22.6 Å². The third-order valence-corrected chi connectivity index (χ3v) is 4.43. The fourth-order valence-electron chi connectivity index (χ4n) is 2.17. The highest BCUT2D eigenvalue weighted by Gasteiger charge is 2.16. The van der Waals surface area contributed by atoms with E-state index in [4.69, 9.17) is 20.6 Å². The molecule has 0 aliphatic heterocycles. The monoisotopic (exact) mass is 370 g/mol. The Balaban J connectivity index is 0.00000288. The number of sulfone groups is 1. The van der Waals surface area contributed by atoms with Crippen LogP contribution in [-0.2, 0) is 16.4 Å². The quantitative estimate of drug-likeness (QED) is 0.600. The number of para-hydroxylation sites is 1. The Morgan fingerprint density at radius 3 is 2.42 bits per heavy atom. The van der Waals surface area contributed by atoms with E-state index in [1.54, 1.807) is 36.4 Å². The van der Waals surface area contributed by atoms with Crippen LogP contribution in [0, 0.1) is 5.41 Å². The minimum atomic E-state index is -3.36. The van der Waals surface area contributed by atoms with Crippen molar-refractivity contribution in [1.82, 2.24) is 0 Å². The van der Waals surface area contributed by atoms with Crippen molar-refractivity contribution in [3.8, 4) is 11.5 Å². The van der Waals surface area contributed by atoms with E-state index >= 15 is 0 Å². The predicted molar refractivity (Wildman–Crippen MR) is 95.1 cm³/mol. The van der Waals surface area contributed by atoms with Gasteiger partial charge in [-0.2, -0.15) is 0 Å². The lowest BCUT2D eigenvalue weighted by molar-refractivity contribution is 0.281. The normalized spacial score (nSPS) is 10.6. The van der Waals surface area contributed by atoms with E-state index in [1.807, 2.05) is 0 Å². The Labute approximate surface area is 147 Å². The van der Waals surface area contributed by atoms with Crippen molar-refractivity contribution in [1.29, 1.82) is 5.41 Å². The van der Waals surface area contributed by atoms with E-state index in [0.717, 1.165) is 6.26 Å². The van der Waals surface area contributed by atoms with Crippen LogP contribution in [0.1, 0.15) is 11.1 Å². The van der Waals surface area contributed by atoms with Gasteiger partial charge in [-0.05, 0) is 18.2 Å². The lowest BCUT2D eigenvalue weighted by Crippen LogP contribution is -2.14. The van der Waals surface area contributed by atoms with Crippen LogP contribution in [0.4, 0.5) is 0 Å². The van der Waals surface area contributed by atoms with Gasteiger partial charge in [-0.3, -0.25) is 5.41 Å². The number of rotatable bonds is 6. The number of halogens is 1. The lowest BCUT2D eigenvalue weighted by Gasteiger charge is -2.15. The SMILES string of the molecule is COc1cccc(C(=N)N)c1OCc1ccccc1S(C)(=O)=O.Cl. The van der Waals surface area contributed by atoms with Gasteiger partial charge in [0.2, 0.25) is 0 Å². The van der Waals surface area contributed by atoms with Crippen LogP contribution in [-0.4, -0.2) is 27.6 Å². The highest BCUT2D eigenvalue weighted by atomic mass is 35.5. The van der Waals surface area contributed by atoms with Crippen LogP contribution >= 0.6 is 12.4 Å². The maximum atomic E-state index is 11.8. The summed E-state index contributed by atoms with van der Waals surface area (Å²) in [5.74, 6) is 0.579. The smallest absolute Gasteiger partial charge is 0.175 e. The van der Waals surface area contributed by atoms with Crippen molar-refractivity contribution in [2.24, 2.45) is 5.73 Å². The Bertz CT molecular complexity index is 838. The molecule has 0 radical (unpaired) electrons. The van der Waals surface area contributed by atoms with Crippen LogP contribution in [0.15, 0.2) is 47.4 Å². The molecule has 0 saturated carbocycles. The highest BCUT2D eigenvalue weighted by molar-refractivity contribution is 7.90. The zero-order chi connectivity index (χ0) is 17.0. The number of benzene rings is 2. The van der Waals surface area contributed by atoms with Crippen molar-refractivity contribution >= 4 is 28.1 Å². The van der Waals surface area contributed by atoms with Crippen LogP contribution in [0.25, 0.3) is 0 Å². The molecule has 0 spiro atoms. The first-order valence-electron chi connectivity index (χ1n) is 6.76. The number of nitrogen functional groups attached to an aromatic ring is 1. The zero-order valence-electron chi connectivity index (χ0n) is 13.3. The van der Waals surface area contributed by atoms with Crippen molar-refractivity contribution in [3.63, 3.8) is 0 Å². The maximum Gasteiger partial charge on any atom is 0.175 e. The van der Waals surface area contributed by atoms with E-state index in [2.05, 4.69) is 0 Å². The number of methoxy groups -OCH3 is 1. The maximum absolute atomic E-state index is 11.8. The van der Waals surface area contributed by atoms with Gasteiger partial charge >= 0.3 is 0 Å². The number of amidine groups is 1. The summed E-state index contributed by atoms with van der Waals surface area (Å²) < 4.78 is 34.6. The molecule has 0 atom stereocenters. The van der Waals surface area contributed by atoms with Gasteiger partial charge in [0, 0.05) is 11.8 Å². The van der Waals surface area contributed by atoms with Gasteiger partial charge in [-0.1, -0.05) is 24.3 Å². The first kappa shape index (κ1) is 19.8. The summed E-state index contributed by atoms with van der Waals surface area (Å²) in [6.45, 7) is 0.0178. The molecule has 6 nitrogen and oxygen atoms in total. The molecule has 0 saturated heterocycles. The van der Waals surface area contributed by atoms with E-state index in [1.165, 1.54) is 13.2 Å². The molecule has 0 unspecified atom stereocenters. The number of nitrogens with one attached hydrogen (secondary N) is 1. The average molecular weight is 371 g/mol. The molecule has 0 aliphatic rings. The highest BCUT2D eigenvalue weighted by Crippen LogP contribution is 2.32. The molecule has 0 heterocycles. The van der Waals surface area contributed by atoms with E-state index in [-0.39, 0.29) is 29.7 Å². The Morgan fingerprint density at radius 2 is 1.83 bits per heavy atom. The van der Waals surface area contributed by atoms with Gasteiger partial charge in [0.1, 0.15) is 12.4 Å². The number of hydrogen-bond acceptors (Lipinski definition) is 5. The van der Waals surface area contributed by atoms with Crippen LogP contribution < -0.4 is 15.2 Å². The minimum Gasteiger partial charge on any atom is -0.493 e. The molecule has 0 aliphatic carbocycles. The Kier molecular flexibility index (Phi) is 6.62. The second kappa shape index (κ2) is 8.03. The number of ether oxygens (including phenoxy) is 2. The molecule has 130 valence electrons. The molecular weight excluding hydrogens is 352 g/mol. The molecule has 2 aromatic rings. The molecule has 0 amide bonds. The predicted octanol–water partition coefficient (Wildman–Crippen LogP) is 2.38. The zero-order valence-corrected chi connectivity index (χ0v) is 14.9. The van der Waals surface area contributed by atoms with Crippen LogP contribution in [0.2, 0.25) is 0 Å². The second-order valence-electron chi connectivity index (χ2n) is 4.92. The van der Waals surface area contributed by atoms with Crippen molar-refractivity contribution in [2.75, 3.05) is 13.4 Å². The first-order chi connectivity index (χ1) is 10.8. The summed E-state index contributed by atoms with van der Waals surface area (Å²) in [6.07, 6.45) is 1.15. The Hall–Kier alpha value is -2.25. The standard InChI is InChI=1S/C16H18N2O4S.ClH/c1-21-13-8-5-7-12(16(17)18)15(13)22-10-11-6-3-4-9-14(11)23(2,19)20;/h3-9H,10H2,1-2H3,(H3,17,18);1H. The molecule has 0 fully saturated rings. The number of hydrogen-bond donors (Lipinski definition) is 2. The van der Waals surface area contributed by atoms with Gasteiger partial charge < -0.3 is 15.2 Å². The molecule has 8 heteroatoms. The van der Waals surface area contributed by atoms with E-state index < -0.39 is 9.84 Å². The molecule has 0 aromatic heterocycles. The van der Waals surface area contributed by atoms with Gasteiger partial charge in [0.25, 0.3) is 0 Å². The first-order valence-corrected chi connectivity index (χ1v) is 8.66. The van der Waals surface area contributed by atoms with Crippen LogP contribution in [0.3, 0.4) is 0 Å². The average Bonchev–Trinajstić information content (AvgIpc) is 2.51. The summed E-state index contributed by atoms with van der Waals surface area (Å²) >= 11 is 0. The van der Waals surface area contributed by atoms with Crippen molar-refractivity contribution in [3.05, 3.63) is 53.6 Å². The molecule has 2 aromatic carbocycles. The van der Waals surface area contributed by atoms with Crippen LogP contribution in [0.5, 0.6) is 11.5 Å². The fraction of sp³-hybridized carbons (Fsp3) is 0.188. The summed E-state index contributed by atoms with van der Waals surface area (Å²) in [6, 6.07) is 11.6. The minimum absolute atomic E-state index is 0. The second-order valence-corrected chi connectivity index (χ2v) is 6.90. The molecule has 24 heavy (non-hydrogen) atoms. The molecule has 0 bridgehead atoms. The summed E-state index contributed by atoms with van der Waals surface area (Å²) in [5.41, 5.74) is 6.47. The molecule has 3 N–H and O–H groups in total. The van der Waals surface area contributed by atoms with Crippen molar-refractivity contribution in [2.45, 2.75) is 11.5 Å². The third-order valence-electron chi connectivity index (χ3n) is 3.23. The lowest BCUT2D eigenvalue weighted by atomic mass is 10.1. The summed E-state index contributed by atoms with van der Waals surface area (Å²) in [7, 11) is -1.88.